The van der Waals surface area contributed by atoms with E-state index in [1.165, 1.54) is 5.69 Å². The van der Waals surface area contributed by atoms with Crippen molar-refractivity contribution in [3.63, 3.8) is 0 Å². The van der Waals surface area contributed by atoms with Gasteiger partial charge in [0.1, 0.15) is 0 Å². The molecule has 0 bridgehead atoms. The number of nitrogens with zero attached hydrogens (tertiary/aromatic N) is 1. The lowest BCUT2D eigenvalue weighted by Crippen LogP contribution is -2.49. The predicted molar refractivity (Wildman–Crippen MR) is 81.2 cm³/mol. The van der Waals surface area contributed by atoms with Crippen molar-refractivity contribution in [3.05, 3.63) is 29.8 Å². The van der Waals surface area contributed by atoms with Gasteiger partial charge in [-0.15, -0.1) is 0 Å². The molecule has 21 heavy (non-hydrogen) atoms. The summed E-state index contributed by atoms with van der Waals surface area (Å²) in [6.45, 7) is 5.20. The second-order valence-electron chi connectivity index (χ2n) is 5.84. The first-order valence-electron chi connectivity index (χ1n) is 7.56. The van der Waals surface area contributed by atoms with Crippen LogP contribution in [-0.4, -0.2) is 37.5 Å². The van der Waals surface area contributed by atoms with Gasteiger partial charge in [0.05, 0.1) is 5.92 Å². The van der Waals surface area contributed by atoms with Gasteiger partial charge in [-0.25, -0.2) is 0 Å². The number of carbonyl (C=O) groups excluding carboxylic acids is 2. The van der Waals surface area contributed by atoms with E-state index in [0.717, 1.165) is 25.2 Å². The predicted octanol–water partition coefficient (Wildman–Crippen LogP) is 1.00. The van der Waals surface area contributed by atoms with Crippen LogP contribution in [0.3, 0.4) is 0 Å². The molecule has 1 unspecified atom stereocenters. The van der Waals surface area contributed by atoms with Gasteiger partial charge < -0.3 is 10.2 Å². The fourth-order valence-electron chi connectivity index (χ4n) is 3.13. The van der Waals surface area contributed by atoms with Gasteiger partial charge in [0.2, 0.25) is 11.8 Å². The first kappa shape index (κ1) is 14.1. The molecule has 2 N–H and O–H groups in total. The summed E-state index contributed by atoms with van der Waals surface area (Å²) in [7, 11) is 0. The summed E-state index contributed by atoms with van der Waals surface area (Å²) in [4.78, 5) is 25.5. The first-order chi connectivity index (χ1) is 10.1. The Labute approximate surface area is 124 Å². The number of carbonyl (C=O) groups is 2. The second-order valence-corrected chi connectivity index (χ2v) is 5.84. The normalized spacial score (nSPS) is 26.6. The van der Waals surface area contributed by atoms with Gasteiger partial charge in [-0.05, 0) is 31.0 Å². The van der Waals surface area contributed by atoms with Crippen LogP contribution in [0.1, 0.15) is 31.2 Å². The molecule has 5 heteroatoms. The summed E-state index contributed by atoms with van der Waals surface area (Å²) >= 11 is 0. The van der Waals surface area contributed by atoms with Crippen molar-refractivity contribution in [1.82, 2.24) is 10.6 Å². The highest BCUT2D eigenvalue weighted by Gasteiger charge is 2.28. The van der Waals surface area contributed by atoms with Gasteiger partial charge in [-0.3, -0.25) is 14.9 Å². The molecule has 2 amide bonds. The van der Waals surface area contributed by atoms with E-state index >= 15 is 0 Å². The molecule has 0 saturated carbocycles. The maximum Gasteiger partial charge on any atom is 0.234 e. The van der Waals surface area contributed by atoms with Gasteiger partial charge >= 0.3 is 0 Å². The molecule has 1 aromatic carbocycles. The minimum absolute atomic E-state index is 0.164. The average molecular weight is 287 g/mol. The van der Waals surface area contributed by atoms with Crippen molar-refractivity contribution in [2.75, 3.05) is 24.5 Å². The monoisotopic (exact) mass is 287 g/mol. The highest BCUT2D eigenvalue weighted by molar-refractivity contribution is 6.00. The Morgan fingerprint density at radius 2 is 1.95 bits per heavy atom. The lowest BCUT2D eigenvalue weighted by molar-refractivity contribution is -0.134. The van der Waals surface area contributed by atoms with Crippen molar-refractivity contribution in [2.24, 2.45) is 0 Å². The quantitative estimate of drug-likeness (QED) is 0.797. The molecule has 0 radical (unpaired) electrons. The van der Waals surface area contributed by atoms with Crippen molar-refractivity contribution >= 4 is 17.5 Å². The Balaban J connectivity index is 1.74. The molecule has 2 heterocycles. The molecule has 2 aliphatic rings. The molecule has 112 valence electrons. The van der Waals surface area contributed by atoms with E-state index in [1.807, 2.05) is 12.1 Å². The third-order valence-corrected chi connectivity index (χ3v) is 4.37. The van der Waals surface area contributed by atoms with Crippen molar-refractivity contribution in [1.29, 1.82) is 0 Å². The van der Waals surface area contributed by atoms with Crippen LogP contribution in [0.4, 0.5) is 5.69 Å². The van der Waals surface area contributed by atoms with E-state index in [2.05, 4.69) is 34.6 Å². The number of nitrogens with one attached hydrogen (secondary N) is 2. The van der Waals surface area contributed by atoms with E-state index < -0.39 is 0 Å². The topological polar surface area (TPSA) is 61.4 Å². The molecular formula is C16H21N3O2. The largest absolute Gasteiger partial charge is 0.366 e. The molecule has 2 fully saturated rings. The van der Waals surface area contributed by atoms with Gasteiger partial charge in [-0.2, -0.15) is 0 Å². The van der Waals surface area contributed by atoms with Gasteiger partial charge in [-0.1, -0.05) is 12.1 Å². The second kappa shape index (κ2) is 5.85. The van der Waals surface area contributed by atoms with Crippen molar-refractivity contribution < 1.29 is 9.59 Å². The number of imide groups is 1. The maximum atomic E-state index is 11.9. The van der Waals surface area contributed by atoms with E-state index in [1.54, 1.807) is 0 Å². The standard InChI is InChI=1S/C16H21N3O2/c1-11-10-17-8-9-19(11)13-4-2-12(3-5-13)14-6-7-15(20)18-16(14)21/h2-5,11,14,17H,6-10H2,1H3,(H,18,20,21)/t11-,14?/m0/s1. The number of piperidine rings is 1. The van der Waals surface area contributed by atoms with Crippen LogP contribution >= 0.6 is 0 Å². The Hall–Kier alpha value is -1.88. The minimum atomic E-state index is -0.197. The lowest BCUT2D eigenvalue weighted by Gasteiger charge is -2.36. The van der Waals surface area contributed by atoms with Gasteiger partial charge in [0, 0.05) is 37.8 Å². The van der Waals surface area contributed by atoms with Gasteiger partial charge in [0.15, 0.2) is 0 Å². The number of amides is 2. The summed E-state index contributed by atoms with van der Waals surface area (Å²) in [5.74, 6) is -0.533. The first-order valence-corrected chi connectivity index (χ1v) is 7.56. The molecule has 2 saturated heterocycles. The summed E-state index contributed by atoms with van der Waals surface area (Å²) in [6, 6.07) is 8.68. The molecule has 5 nitrogen and oxygen atoms in total. The number of hydrogen-bond acceptors (Lipinski definition) is 4. The SMILES string of the molecule is C[C@H]1CNCCN1c1ccc(C2CCC(=O)NC2=O)cc1. The summed E-state index contributed by atoms with van der Waals surface area (Å²) < 4.78 is 0. The van der Waals surface area contributed by atoms with Crippen molar-refractivity contribution in [2.45, 2.75) is 31.7 Å². The Morgan fingerprint density at radius 1 is 1.19 bits per heavy atom. The maximum absolute atomic E-state index is 11.9. The summed E-state index contributed by atoms with van der Waals surface area (Å²) in [5.41, 5.74) is 2.19. The average Bonchev–Trinajstić information content (AvgIpc) is 2.48. The molecule has 0 spiro atoms. The fraction of sp³-hybridized carbons (Fsp3) is 0.500. The molecule has 2 aliphatic heterocycles. The third kappa shape index (κ3) is 2.93. The number of hydrogen-bond donors (Lipinski definition) is 2. The van der Waals surface area contributed by atoms with Crippen LogP contribution in [0.15, 0.2) is 24.3 Å². The highest BCUT2D eigenvalue weighted by Crippen LogP contribution is 2.27. The zero-order chi connectivity index (χ0) is 14.8. The molecule has 0 aromatic heterocycles. The number of rotatable bonds is 2. The number of piperazine rings is 1. The Morgan fingerprint density at radius 3 is 2.62 bits per heavy atom. The Kier molecular flexibility index (Phi) is 3.92. The van der Waals surface area contributed by atoms with Gasteiger partial charge in [0.25, 0.3) is 0 Å². The van der Waals surface area contributed by atoms with Crippen LogP contribution in [0, 0.1) is 0 Å². The lowest BCUT2D eigenvalue weighted by atomic mass is 9.90. The van der Waals surface area contributed by atoms with E-state index in [0.29, 0.717) is 18.9 Å². The molecule has 2 atom stereocenters. The van der Waals surface area contributed by atoms with Crippen LogP contribution in [0.25, 0.3) is 0 Å². The summed E-state index contributed by atoms with van der Waals surface area (Å²) in [6.07, 6.45) is 1.03. The van der Waals surface area contributed by atoms with E-state index in [4.69, 9.17) is 0 Å². The molecule has 0 aliphatic carbocycles. The number of anilines is 1. The minimum Gasteiger partial charge on any atom is -0.366 e. The van der Waals surface area contributed by atoms with Crippen LogP contribution in [0.2, 0.25) is 0 Å². The smallest absolute Gasteiger partial charge is 0.234 e. The zero-order valence-corrected chi connectivity index (χ0v) is 12.3. The fourth-order valence-corrected chi connectivity index (χ4v) is 3.13. The van der Waals surface area contributed by atoms with Crippen LogP contribution < -0.4 is 15.5 Å². The molecular weight excluding hydrogens is 266 g/mol. The zero-order valence-electron chi connectivity index (χ0n) is 12.3. The highest BCUT2D eigenvalue weighted by atomic mass is 16.2. The van der Waals surface area contributed by atoms with Crippen LogP contribution in [0.5, 0.6) is 0 Å². The Bertz CT molecular complexity index is 541. The molecule has 3 rings (SSSR count). The van der Waals surface area contributed by atoms with E-state index in [-0.39, 0.29) is 17.7 Å². The van der Waals surface area contributed by atoms with Crippen molar-refractivity contribution in [3.8, 4) is 0 Å². The van der Waals surface area contributed by atoms with Crippen LogP contribution in [-0.2, 0) is 9.59 Å². The number of benzene rings is 1. The van der Waals surface area contributed by atoms with E-state index in [9.17, 15) is 9.59 Å². The third-order valence-electron chi connectivity index (χ3n) is 4.37. The summed E-state index contributed by atoms with van der Waals surface area (Å²) in [5, 5.41) is 5.80. The molecule has 1 aromatic rings.